The monoisotopic (exact) mass is 400 g/mol. The molecular weight excluding hydrogens is 368 g/mol. The van der Waals surface area contributed by atoms with Crippen LogP contribution in [0.15, 0.2) is 35.3 Å². The Morgan fingerprint density at radius 3 is 2.45 bits per heavy atom. The zero-order valence-electron chi connectivity index (χ0n) is 18.0. The lowest BCUT2D eigenvalue weighted by atomic mass is 9.83. The third-order valence-corrected chi connectivity index (χ3v) is 4.45. The molecule has 0 aromatic heterocycles. The van der Waals surface area contributed by atoms with Crippen LogP contribution < -0.4 is 10.6 Å². The Hall–Kier alpha value is -2.88. The van der Waals surface area contributed by atoms with Crippen LogP contribution in [0.5, 0.6) is 0 Å². The van der Waals surface area contributed by atoms with E-state index in [0.29, 0.717) is 12.0 Å². The first-order chi connectivity index (χ1) is 13.7. The summed E-state index contributed by atoms with van der Waals surface area (Å²) in [4.78, 5) is 29.5. The Balaban J connectivity index is 3.21. The molecule has 2 N–H and O–H groups in total. The van der Waals surface area contributed by atoms with E-state index in [9.17, 15) is 9.59 Å². The molecule has 1 aromatic rings. The van der Waals surface area contributed by atoms with Crippen molar-refractivity contribution in [1.82, 2.24) is 10.6 Å². The summed E-state index contributed by atoms with van der Waals surface area (Å²) in [6.07, 6.45) is 0.710. The second kappa shape index (κ2) is 11.8. The van der Waals surface area contributed by atoms with Crippen molar-refractivity contribution >= 4 is 17.8 Å². The predicted molar refractivity (Wildman–Crippen MR) is 113 cm³/mol. The highest BCUT2D eigenvalue weighted by atomic mass is 16.5. The number of nitrogens with one attached hydrogen (secondary N) is 2. The lowest BCUT2D eigenvalue weighted by molar-refractivity contribution is -0.122. The van der Waals surface area contributed by atoms with Crippen LogP contribution in [-0.2, 0) is 9.53 Å². The molecule has 29 heavy (non-hydrogen) atoms. The molecule has 0 saturated heterocycles. The van der Waals surface area contributed by atoms with Gasteiger partial charge in [0, 0.05) is 5.56 Å². The highest BCUT2D eigenvalue weighted by Crippen LogP contribution is 2.27. The molecule has 1 aromatic carbocycles. The summed E-state index contributed by atoms with van der Waals surface area (Å²) >= 11 is 0. The van der Waals surface area contributed by atoms with E-state index >= 15 is 0 Å². The van der Waals surface area contributed by atoms with Crippen molar-refractivity contribution in [3.8, 4) is 6.07 Å². The third kappa shape index (κ3) is 9.24. The first-order valence-electron chi connectivity index (χ1n) is 9.90. The number of amides is 2. The molecule has 7 nitrogen and oxygen atoms in total. The molecule has 0 spiro atoms. The first kappa shape index (κ1) is 24.2. The molecule has 0 aliphatic rings. The molecule has 7 heteroatoms. The van der Waals surface area contributed by atoms with Gasteiger partial charge in [-0.15, -0.1) is 0 Å². The second-order valence-electron chi connectivity index (χ2n) is 8.07. The highest BCUT2D eigenvalue weighted by Gasteiger charge is 2.27. The van der Waals surface area contributed by atoms with Gasteiger partial charge in [-0.05, 0) is 17.8 Å². The van der Waals surface area contributed by atoms with Crippen molar-refractivity contribution < 1.29 is 14.3 Å². The Morgan fingerprint density at radius 1 is 1.24 bits per heavy atom. The fraction of sp³-hybridized carbons (Fsp3) is 0.545. The Morgan fingerprint density at radius 2 is 1.90 bits per heavy atom. The minimum absolute atomic E-state index is 0.0953. The molecule has 158 valence electrons. The summed E-state index contributed by atoms with van der Waals surface area (Å²) in [7, 11) is 0. The molecule has 0 aliphatic heterocycles. The minimum Gasteiger partial charge on any atom is -0.449 e. The van der Waals surface area contributed by atoms with Crippen LogP contribution in [0.25, 0.3) is 0 Å². The van der Waals surface area contributed by atoms with E-state index in [0.717, 1.165) is 6.42 Å². The van der Waals surface area contributed by atoms with Crippen LogP contribution in [0.3, 0.4) is 0 Å². The Kier molecular flexibility index (Phi) is 9.87. The average Bonchev–Trinajstić information content (AvgIpc) is 2.69. The fourth-order valence-electron chi connectivity index (χ4n) is 2.42. The molecule has 1 rings (SSSR count). The van der Waals surface area contributed by atoms with Gasteiger partial charge in [0.1, 0.15) is 18.4 Å². The number of hydrogen-bond acceptors (Lipinski definition) is 5. The molecule has 1 atom stereocenters. The molecule has 2 amide bonds. The van der Waals surface area contributed by atoms with Crippen molar-refractivity contribution in [2.75, 3.05) is 13.2 Å². The maximum atomic E-state index is 12.7. The predicted octanol–water partition coefficient (Wildman–Crippen LogP) is 3.65. The Labute approximate surface area is 173 Å². The van der Waals surface area contributed by atoms with Gasteiger partial charge in [-0.1, -0.05) is 71.4 Å². The van der Waals surface area contributed by atoms with Gasteiger partial charge in [0.25, 0.3) is 0 Å². The quantitative estimate of drug-likeness (QED) is 0.375. The normalized spacial score (nSPS) is 12.8. The zero-order valence-corrected chi connectivity index (χ0v) is 18.0. The molecular formula is C22H32N4O3. The van der Waals surface area contributed by atoms with Gasteiger partial charge >= 0.3 is 6.09 Å². The van der Waals surface area contributed by atoms with Crippen molar-refractivity contribution in [2.45, 2.75) is 53.5 Å². The van der Waals surface area contributed by atoms with Crippen molar-refractivity contribution in [1.29, 1.82) is 5.26 Å². The lowest BCUT2D eigenvalue weighted by Gasteiger charge is -2.26. The molecule has 0 aliphatic carbocycles. The molecule has 0 bridgehead atoms. The van der Waals surface area contributed by atoms with Crippen LogP contribution in [0.2, 0.25) is 0 Å². The number of alkyl carbamates (subject to hydrolysis) is 1. The number of amidine groups is 1. The largest absolute Gasteiger partial charge is 0.449 e. The Bertz CT molecular complexity index is 736. The van der Waals surface area contributed by atoms with Gasteiger partial charge < -0.3 is 10.1 Å². The number of carbonyl (C=O) groups is 2. The van der Waals surface area contributed by atoms with Gasteiger partial charge in [0.15, 0.2) is 0 Å². The van der Waals surface area contributed by atoms with Crippen LogP contribution in [0.4, 0.5) is 4.79 Å². The molecule has 0 heterocycles. The van der Waals surface area contributed by atoms with Gasteiger partial charge in [-0.25, -0.2) is 4.79 Å². The SMILES string of the molecule is CCC(C)(C)C[C@H](N=C(NC(=O)OCC(C)C)c1ccccc1)C(=O)NCC#N. The van der Waals surface area contributed by atoms with Crippen molar-refractivity contribution in [3.63, 3.8) is 0 Å². The van der Waals surface area contributed by atoms with E-state index in [1.165, 1.54) is 0 Å². The van der Waals surface area contributed by atoms with E-state index in [1.807, 2.05) is 45.0 Å². The van der Waals surface area contributed by atoms with Crippen LogP contribution in [-0.4, -0.2) is 37.0 Å². The number of aliphatic imine (C=N–C) groups is 1. The van der Waals surface area contributed by atoms with E-state index in [2.05, 4.69) is 29.5 Å². The number of carbonyl (C=O) groups excluding carboxylic acids is 2. The summed E-state index contributed by atoms with van der Waals surface area (Å²) < 4.78 is 5.21. The van der Waals surface area contributed by atoms with Crippen LogP contribution in [0, 0.1) is 22.7 Å². The third-order valence-electron chi connectivity index (χ3n) is 4.45. The van der Waals surface area contributed by atoms with Gasteiger partial charge in [-0.3, -0.25) is 15.1 Å². The summed E-state index contributed by atoms with van der Waals surface area (Å²) in [6.45, 7) is 10.2. The average molecular weight is 401 g/mol. The van der Waals surface area contributed by atoms with Gasteiger partial charge in [0.2, 0.25) is 5.91 Å². The molecule has 0 saturated carbocycles. The van der Waals surface area contributed by atoms with Gasteiger partial charge in [0.05, 0.1) is 12.7 Å². The topological polar surface area (TPSA) is 104 Å². The maximum absolute atomic E-state index is 12.7. The second-order valence-corrected chi connectivity index (χ2v) is 8.07. The van der Waals surface area contributed by atoms with E-state index in [-0.39, 0.29) is 36.2 Å². The molecule has 0 fully saturated rings. The van der Waals surface area contributed by atoms with E-state index < -0.39 is 12.1 Å². The number of nitrogens with zero attached hydrogens (tertiary/aromatic N) is 2. The fourth-order valence-corrected chi connectivity index (χ4v) is 2.42. The van der Waals surface area contributed by atoms with Gasteiger partial charge in [-0.2, -0.15) is 5.26 Å². The first-order valence-corrected chi connectivity index (χ1v) is 9.90. The molecule has 0 unspecified atom stereocenters. The summed E-state index contributed by atoms with van der Waals surface area (Å²) in [6, 6.07) is 10.3. The smallest absolute Gasteiger partial charge is 0.412 e. The number of nitriles is 1. The van der Waals surface area contributed by atoms with Crippen molar-refractivity contribution in [3.05, 3.63) is 35.9 Å². The lowest BCUT2D eigenvalue weighted by Crippen LogP contribution is -2.40. The zero-order chi connectivity index (χ0) is 21.9. The summed E-state index contributed by atoms with van der Waals surface area (Å²) in [5, 5.41) is 14.0. The van der Waals surface area contributed by atoms with Crippen molar-refractivity contribution in [2.24, 2.45) is 16.3 Å². The van der Waals surface area contributed by atoms with E-state index in [4.69, 9.17) is 10.00 Å². The highest BCUT2D eigenvalue weighted by molar-refractivity contribution is 6.07. The number of hydrogen-bond donors (Lipinski definition) is 2. The molecule has 0 radical (unpaired) electrons. The minimum atomic E-state index is -0.751. The summed E-state index contributed by atoms with van der Waals surface area (Å²) in [5.74, 6) is 0.120. The standard InChI is InChI=1S/C22H32N4O3/c1-6-22(4,5)14-18(20(27)24-13-12-23)25-19(17-10-8-7-9-11-17)26-21(28)29-15-16(2)3/h7-11,16,18H,6,13-15H2,1-5H3,(H,24,27)(H,25,26,28)/t18-/m0/s1. The summed E-state index contributed by atoms with van der Waals surface area (Å²) in [5.41, 5.74) is 0.527. The maximum Gasteiger partial charge on any atom is 0.412 e. The number of ether oxygens (including phenoxy) is 1. The number of rotatable bonds is 9. The van der Waals surface area contributed by atoms with Crippen LogP contribution >= 0.6 is 0 Å². The van der Waals surface area contributed by atoms with Crippen LogP contribution in [0.1, 0.15) is 53.0 Å². The number of benzene rings is 1. The van der Waals surface area contributed by atoms with E-state index in [1.54, 1.807) is 12.1 Å².